The fraction of sp³-hybridized carbons (Fsp3) is 0.400. The summed E-state index contributed by atoms with van der Waals surface area (Å²) in [4.78, 5) is 18.9. The van der Waals surface area contributed by atoms with Gasteiger partial charge in [0, 0.05) is 27.3 Å². The van der Waals surface area contributed by atoms with Crippen molar-refractivity contribution in [2.45, 2.75) is 35.2 Å². The minimum absolute atomic E-state index is 0.0403. The quantitative estimate of drug-likeness (QED) is 0.673. The van der Waals surface area contributed by atoms with Gasteiger partial charge < -0.3 is 4.90 Å². The Kier molecular flexibility index (Phi) is 6.42. The number of hydrogen-bond donors (Lipinski definition) is 0. The lowest BCUT2D eigenvalue weighted by molar-refractivity contribution is -0.129. The number of amides is 1. The van der Waals surface area contributed by atoms with Crippen molar-refractivity contribution in [3.63, 3.8) is 0 Å². The Hall–Kier alpha value is -1.90. The van der Waals surface area contributed by atoms with Gasteiger partial charge in [-0.2, -0.15) is 0 Å². The third kappa shape index (κ3) is 4.39. The molecule has 28 heavy (non-hydrogen) atoms. The number of rotatable bonds is 6. The molecule has 2 aromatic rings. The first kappa shape index (κ1) is 20.8. The summed E-state index contributed by atoms with van der Waals surface area (Å²) in [6.07, 6.45) is 4.45. The molecule has 0 N–H and O–H groups in total. The normalized spacial score (nSPS) is 16.6. The van der Waals surface area contributed by atoms with Crippen LogP contribution in [-0.2, 0) is 21.2 Å². The number of nitrogens with zero attached hydrogens (tertiary/aromatic N) is 3. The van der Waals surface area contributed by atoms with Gasteiger partial charge in [-0.25, -0.2) is 17.7 Å². The average molecular weight is 420 g/mol. The summed E-state index contributed by atoms with van der Waals surface area (Å²) in [5.41, 5.74) is 2.57. The van der Waals surface area contributed by atoms with E-state index in [1.807, 2.05) is 24.1 Å². The van der Waals surface area contributed by atoms with Gasteiger partial charge in [0.2, 0.25) is 15.9 Å². The number of fused-ring (bicyclic) bond motifs is 1. The summed E-state index contributed by atoms with van der Waals surface area (Å²) in [5, 5.41) is 0.628. The monoisotopic (exact) mass is 419 g/mol. The minimum atomic E-state index is -3.49. The zero-order valence-corrected chi connectivity index (χ0v) is 18.0. The summed E-state index contributed by atoms with van der Waals surface area (Å²) in [6, 6.07) is 11.6. The fourth-order valence-corrected chi connectivity index (χ4v) is 4.97. The van der Waals surface area contributed by atoms with Crippen molar-refractivity contribution in [2.24, 2.45) is 0 Å². The van der Waals surface area contributed by atoms with Crippen LogP contribution in [0.1, 0.15) is 30.0 Å². The van der Waals surface area contributed by atoms with Crippen LogP contribution in [0.25, 0.3) is 0 Å². The molecule has 6 nitrogen and oxygen atoms in total. The maximum absolute atomic E-state index is 12.7. The topological polar surface area (TPSA) is 70.6 Å². The van der Waals surface area contributed by atoms with Gasteiger partial charge in [0.1, 0.15) is 4.90 Å². The Morgan fingerprint density at radius 1 is 1.18 bits per heavy atom. The maximum atomic E-state index is 12.7. The van der Waals surface area contributed by atoms with E-state index in [2.05, 4.69) is 17.1 Å². The SMILES string of the molecule is CN(C(=O)CSc1ccc(S(=O)(=O)N(C)C)cn1)[C@@H]1CCCc2ccccc21. The molecule has 1 amide bonds. The van der Waals surface area contributed by atoms with Crippen LogP contribution in [0.4, 0.5) is 0 Å². The average Bonchev–Trinajstić information content (AvgIpc) is 2.71. The van der Waals surface area contributed by atoms with Gasteiger partial charge in [0.25, 0.3) is 0 Å². The lowest BCUT2D eigenvalue weighted by Gasteiger charge is -2.33. The zero-order valence-electron chi connectivity index (χ0n) is 16.3. The van der Waals surface area contributed by atoms with Crippen molar-refractivity contribution in [2.75, 3.05) is 26.9 Å². The van der Waals surface area contributed by atoms with Gasteiger partial charge in [-0.05, 0) is 42.5 Å². The number of hydrogen-bond acceptors (Lipinski definition) is 5. The van der Waals surface area contributed by atoms with Crippen molar-refractivity contribution in [3.05, 3.63) is 53.7 Å². The molecule has 3 rings (SSSR count). The predicted molar refractivity (Wildman–Crippen MR) is 111 cm³/mol. The van der Waals surface area contributed by atoms with Gasteiger partial charge in [0.15, 0.2) is 0 Å². The smallest absolute Gasteiger partial charge is 0.244 e. The van der Waals surface area contributed by atoms with Crippen LogP contribution < -0.4 is 0 Å². The van der Waals surface area contributed by atoms with E-state index in [4.69, 9.17) is 0 Å². The molecule has 0 unspecified atom stereocenters. The Balaban J connectivity index is 1.63. The van der Waals surface area contributed by atoms with E-state index >= 15 is 0 Å². The van der Waals surface area contributed by atoms with E-state index in [-0.39, 0.29) is 22.6 Å². The van der Waals surface area contributed by atoms with Crippen LogP contribution in [0.5, 0.6) is 0 Å². The van der Waals surface area contributed by atoms with E-state index in [9.17, 15) is 13.2 Å². The summed E-state index contributed by atoms with van der Waals surface area (Å²) in [5.74, 6) is 0.306. The number of thioether (sulfide) groups is 1. The number of pyridine rings is 1. The summed E-state index contributed by atoms with van der Waals surface area (Å²) >= 11 is 1.32. The Morgan fingerprint density at radius 2 is 1.93 bits per heavy atom. The number of carbonyl (C=O) groups excluding carboxylic acids is 1. The highest BCUT2D eigenvalue weighted by atomic mass is 32.2. The Bertz CT molecular complexity index is 943. The molecular weight excluding hydrogens is 394 g/mol. The molecular formula is C20H25N3O3S2. The highest BCUT2D eigenvalue weighted by molar-refractivity contribution is 7.99. The van der Waals surface area contributed by atoms with Crippen LogP contribution in [0.15, 0.2) is 52.5 Å². The molecule has 1 atom stereocenters. The van der Waals surface area contributed by atoms with Gasteiger partial charge >= 0.3 is 0 Å². The van der Waals surface area contributed by atoms with Crippen molar-refractivity contribution < 1.29 is 13.2 Å². The van der Waals surface area contributed by atoms with E-state index < -0.39 is 10.0 Å². The molecule has 1 aliphatic rings. The van der Waals surface area contributed by atoms with Crippen molar-refractivity contribution in [1.29, 1.82) is 0 Å². The van der Waals surface area contributed by atoms with Crippen LogP contribution in [0, 0.1) is 0 Å². The fourth-order valence-electron chi connectivity index (χ4n) is 3.36. The van der Waals surface area contributed by atoms with Crippen LogP contribution in [-0.4, -0.2) is 55.4 Å². The molecule has 0 saturated carbocycles. The van der Waals surface area contributed by atoms with E-state index in [0.717, 1.165) is 23.6 Å². The number of benzene rings is 1. The first-order valence-corrected chi connectivity index (χ1v) is 11.6. The van der Waals surface area contributed by atoms with Gasteiger partial charge in [-0.3, -0.25) is 4.79 Å². The standard InChI is InChI=1S/C20H25N3O3S2/c1-22(2)28(25,26)16-11-12-19(21-13-16)27-14-20(24)23(3)18-10-6-8-15-7-4-5-9-17(15)18/h4-5,7,9,11-13,18H,6,8,10,14H2,1-3H3/t18-/m1/s1. The van der Waals surface area contributed by atoms with Crippen molar-refractivity contribution in [3.8, 4) is 0 Å². The van der Waals surface area contributed by atoms with Gasteiger partial charge in [-0.1, -0.05) is 36.0 Å². The van der Waals surface area contributed by atoms with Gasteiger partial charge in [-0.15, -0.1) is 0 Å². The number of sulfonamides is 1. The third-order valence-electron chi connectivity index (χ3n) is 5.03. The van der Waals surface area contributed by atoms with E-state index in [1.165, 1.54) is 49.2 Å². The number of aryl methyl sites for hydroxylation is 1. The maximum Gasteiger partial charge on any atom is 0.244 e. The second kappa shape index (κ2) is 8.63. The van der Waals surface area contributed by atoms with Crippen molar-refractivity contribution in [1.82, 2.24) is 14.2 Å². The second-order valence-electron chi connectivity index (χ2n) is 7.02. The molecule has 1 heterocycles. The molecule has 150 valence electrons. The predicted octanol–water partition coefficient (Wildman–Crippen LogP) is 2.96. The number of aromatic nitrogens is 1. The minimum Gasteiger partial charge on any atom is -0.338 e. The van der Waals surface area contributed by atoms with Crippen LogP contribution >= 0.6 is 11.8 Å². The van der Waals surface area contributed by atoms with Gasteiger partial charge in [0.05, 0.1) is 16.8 Å². The lowest BCUT2D eigenvalue weighted by atomic mass is 9.87. The van der Waals surface area contributed by atoms with Crippen LogP contribution in [0.2, 0.25) is 0 Å². The summed E-state index contributed by atoms with van der Waals surface area (Å²) < 4.78 is 25.3. The molecule has 0 radical (unpaired) electrons. The first-order chi connectivity index (χ1) is 13.3. The molecule has 1 aromatic carbocycles. The molecule has 0 aliphatic heterocycles. The molecule has 0 bridgehead atoms. The number of carbonyl (C=O) groups is 1. The molecule has 0 fully saturated rings. The van der Waals surface area contributed by atoms with Crippen LogP contribution in [0.3, 0.4) is 0 Å². The molecule has 8 heteroatoms. The highest BCUT2D eigenvalue weighted by Crippen LogP contribution is 2.34. The van der Waals surface area contributed by atoms with E-state index in [1.54, 1.807) is 6.07 Å². The summed E-state index contributed by atoms with van der Waals surface area (Å²) in [7, 11) is 1.33. The zero-order chi connectivity index (χ0) is 20.3. The third-order valence-corrected chi connectivity index (χ3v) is 7.76. The lowest BCUT2D eigenvalue weighted by Crippen LogP contribution is -2.34. The molecule has 1 aromatic heterocycles. The Labute approximate surface area is 171 Å². The van der Waals surface area contributed by atoms with E-state index in [0.29, 0.717) is 5.03 Å². The molecule has 0 spiro atoms. The molecule has 1 aliphatic carbocycles. The first-order valence-electron chi connectivity index (χ1n) is 9.15. The second-order valence-corrected chi connectivity index (χ2v) is 10.2. The molecule has 0 saturated heterocycles. The highest BCUT2D eigenvalue weighted by Gasteiger charge is 2.26. The van der Waals surface area contributed by atoms with Crippen molar-refractivity contribution >= 4 is 27.7 Å². The Morgan fingerprint density at radius 3 is 2.61 bits per heavy atom. The summed E-state index contributed by atoms with van der Waals surface area (Å²) in [6.45, 7) is 0. The largest absolute Gasteiger partial charge is 0.338 e.